The molecule has 0 aromatic rings. The van der Waals surface area contributed by atoms with Crippen molar-refractivity contribution in [3.63, 3.8) is 0 Å². The molecular weight excluding hydrogens is 344 g/mol. The van der Waals surface area contributed by atoms with Gasteiger partial charge >= 0.3 is 5.97 Å². The van der Waals surface area contributed by atoms with Crippen LogP contribution in [0.3, 0.4) is 0 Å². The van der Waals surface area contributed by atoms with Crippen LogP contribution >= 0.6 is 11.8 Å². The third-order valence-electron chi connectivity index (χ3n) is 5.88. The molecule has 2 aliphatic heterocycles. The number of carbonyl (C=O) groups is 1. The summed E-state index contributed by atoms with van der Waals surface area (Å²) < 4.78 is 6.20. The smallest absolute Gasteiger partial charge is 0.303 e. The molecule has 2 bridgehead atoms. The van der Waals surface area contributed by atoms with Crippen molar-refractivity contribution in [3.8, 4) is 0 Å². The van der Waals surface area contributed by atoms with Crippen molar-refractivity contribution in [3.05, 3.63) is 12.2 Å². The second-order valence-electron chi connectivity index (χ2n) is 7.95. The highest BCUT2D eigenvalue weighted by atomic mass is 32.2. The molecule has 2 fully saturated rings. The molecule has 2 heterocycles. The molecule has 0 saturated carbocycles. The highest BCUT2D eigenvalue weighted by Gasteiger charge is 2.47. The SMILES string of the molecule is CCCCCCCCSCC1C2CCC(O2)C1C/C=C\CCCC(=O)O. The molecule has 2 aliphatic rings. The Labute approximate surface area is 164 Å². The van der Waals surface area contributed by atoms with E-state index in [1.165, 1.54) is 62.9 Å². The minimum Gasteiger partial charge on any atom is -0.481 e. The number of unbranched alkanes of at least 4 members (excludes halogenated alkanes) is 6. The van der Waals surface area contributed by atoms with Gasteiger partial charge in [-0.15, -0.1) is 0 Å². The van der Waals surface area contributed by atoms with Crippen molar-refractivity contribution >= 4 is 17.7 Å². The molecule has 3 nitrogen and oxygen atoms in total. The Balaban J connectivity index is 1.60. The van der Waals surface area contributed by atoms with Gasteiger partial charge in [-0.05, 0) is 61.9 Å². The minimum atomic E-state index is -0.692. The monoisotopic (exact) mass is 382 g/mol. The molecule has 0 amide bonds. The molecule has 26 heavy (non-hydrogen) atoms. The first kappa shape index (κ1) is 21.8. The molecule has 4 heteroatoms. The molecule has 4 unspecified atom stereocenters. The van der Waals surface area contributed by atoms with Crippen LogP contribution in [0.2, 0.25) is 0 Å². The summed E-state index contributed by atoms with van der Waals surface area (Å²) in [7, 11) is 0. The summed E-state index contributed by atoms with van der Waals surface area (Å²) in [5.41, 5.74) is 0. The van der Waals surface area contributed by atoms with E-state index in [-0.39, 0.29) is 6.42 Å². The van der Waals surface area contributed by atoms with Crippen LogP contribution in [0.15, 0.2) is 12.2 Å². The summed E-state index contributed by atoms with van der Waals surface area (Å²) >= 11 is 2.14. The van der Waals surface area contributed by atoms with Gasteiger partial charge in [-0.1, -0.05) is 51.2 Å². The molecular formula is C22H38O3S. The van der Waals surface area contributed by atoms with Crippen LogP contribution in [-0.2, 0) is 9.53 Å². The Kier molecular flexibility index (Phi) is 10.8. The largest absolute Gasteiger partial charge is 0.481 e. The molecule has 1 N–H and O–H groups in total. The number of allylic oxidation sites excluding steroid dienone is 2. The van der Waals surface area contributed by atoms with E-state index < -0.39 is 5.97 Å². The Morgan fingerprint density at radius 2 is 1.77 bits per heavy atom. The first-order chi connectivity index (χ1) is 12.7. The number of carboxylic acid groups (broad SMARTS) is 1. The van der Waals surface area contributed by atoms with Crippen molar-refractivity contribution in [2.45, 2.75) is 96.2 Å². The van der Waals surface area contributed by atoms with Crippen molar-refractivity contribution in [2.24, 2.45) is 11.8 Å². The van der Waals surface area contributed by atoms with Crippen LogP contribution in [0.1, 0.15) is 84.0 Å². The highest BCUT2D eigenvalue weighted by Crippen LogP contribution is 2.46. The number of fused-ring (bicyclic) bond motifs is 2. The van der Waals surface area contributed by atoms with Gasteiger partial charge in [0.1, 0.15) is 0 Å². The summed E-state index contributed by atoms with van der Waals surface area (Å²) in [6.07, 6.45) is 19.2. The number of thioether (sulfide) groups is 1. The highest BCUT2D eigenvalue weighted by molar-refractivity contribution is 7.99. The maximum atomic E-state index is 10.5. The summed E-state index contributed by atoms with van der Waals surface area (Å²) in [6.45, 7) is 2.27. The fraction of sp³-hybridized carbons (Fsp3) is 0.864. The number of aliphatic carboxylic acids is 1. The van der Waals surface area contributed by atoms with Gasteiger partial charge in [0.25, 0.3) is 0 Å². The molecule has 2 rings (SSSR count). The number of ether oxygens (including phenoxy) is 1. The first-order valence-electron chi connectivity index (χ1n) is 10.8. The van der Waals surface area contributed by atoms with Crippen LogP contribution in [0.5, 0.6) is 0 Å². The second kappa shape index (κ2) is 12.8. The van der Waals surface area contributed by atoms with Crippen molar-refractivity contribution < 1.29 is 14.6 Å². The number of hydrogen-bond acceptors (Lipinski definition) is 3. The van der Waals surface area contributed by atoms with Crippen LogP contribution in [0, 0.1) is 11.8 Å². The van der Waals surface area contributed by atoms with Crippen molar-refractivity contribution in [1.82, 2.24) is 0 Å². The third kappa shape index (κ3) is 7.64. The Hall–Kier alpha value is -0.480. The Morgan fingerprint density at radius 3 is 2.54 bits per heavy atom. The second-order valence-corrected chi connectivity index (χ2v) is 9.10. The molecule has 0 aromatic carbocycles. The van der Waals surface area contributed by atoms with Gasteiger partial charge in [0.05, 0.1) is 12.2 Å². The van der Waals surface area contributed by atoms with Crippen LogP contribution in [0.4, 0.5) is 0 Å². The van der Waals surface area contributed by atoms with Crippen LogP contribution < -0.4 is 0 Å². The maximum absolute atomic E-state index is 10.5. The minimum absolute atomic E-state index is 0.277. The Bertz CT molecular complexity index is 424. The standard InChI is InChI=1S/C22H38O3S/c1-2-3-4-5-8-11-16-26-17-19-18(20-14-15-21(19)25-20)12-9-6-7-10-13-22(23)24/h6,9,18-21H,2-5,7-8,10-17H2,1H3,(H,23,24)/b9-6-. The average Bonchev–Trinajstić information content (AvgIpc) is 3.22. The van der Waals surface area contributed by atoms with E-state index in [1.54, 1.807) is 0 Å². The normalized spacial score (nSPS) is 27.6. The average molecular weight is 383 g/mol. The maximum Gasteiger partial charge on any atom is 0.303 e. The molecule has 0 aliphatic carbocycles. The topological polar surface area (TPSA) is 46.5 Å². The van der Waals surface area contributed by atoms with Gasteiger partial charge in [-0.2, -0.15) is 11.8 Å². The zero-order valence-electron chi connectivity index (χ0n) is 16.5. The van der Waals surface area contributed by atoms with E-state index in [4.69, 9.17) is 9.84 Å². The Morgan fingerprint density at radius 1 is 1.04 bits per heavy atom. The predicted octanol–water partition coefficient (Wildman–Crippen LogP) is 6.07. The fourth-order valence-corrected chi connectivity index (χ4v) is 5.68. The third-order valence-corrected chi connectivity index (χ3v) is 7.08. The van der Waals surface area contributed by atoms with Crippen molar-refractivity contribution in [2.75, 3.05) is 11.5 Å². The van der Waals surface area contributed by atoms with Gasteiger partial charge < -0.3 is 9.84 Å². The summed E-state index contributed by atoms with van der Waals surface area (Å²) in [5, 5.41) is 8.68. The summed E-state index contributed by atoms with van der Waals surface area (Å²) in [4.78, 5) is 10.5. The lowest BCUT2D eigenvalue weighted by atomic mass is 9.78. The molecule has 0 radical (unpaired) electrons. The lowest BCUT2D eigenvalue weighted by Crippen LogP contribution is -2.28. The number of carboxylic acids is 1. The molecule has 2 saturated heterocycles. The van der Waals surface area contributed by atoms with Gasteiger partial charge in [-0.25, -0.2) is 0 Å². The van der Waals surface area contributed by atoms with E-state index in [2.05, 4.69) is 30.8 Å². The van der Waals surface area contributed by atoms with Crippen LogP contribution in [0.25, 0.3) is 0 Å². The number of rotatable bonds is 15. The summed E-state index contributed by atoms with van der Waals surface area (Å²) in [5.74, 6) is 3.28. The van der Waals surface area contributed by atoms with E-state index in [1.807, 2.05) is 0 Å². The van der Waals surface area contributed by atoms with Gasteiger partial charge in [0, 0.05) is 6.42 Å². The van der Waals surface area contributed by atoms with E-state index >= 15 is 0 Å². The number of hydrogen-bond donors (Lipinski definition) is 1. The molecule has 150 valence electrons. The lowest BCUT2D eigenvalue weighted by Gasteiger charge is -2.27. The predicted molar refractivity (Wildman–Crippen MR) is 111 cm³/mol. The molecule has 4 atom stereocenters. The van der Waals surface area contributed by atoms with Crippen molar-refractivity contribution in [1.29, 1.82) is 0 Å². The summed E-state index contributed by atoms with van der Waals surface area (Å²) in [6, 6.07) is 0. The zero-order valence-corrected chi connectivity index (χ0v) is 17.4. The quantitative estimate of drug-likeness (QED) is 0.275. The zero-order chi connectivity index (χ0) is 18.6. The van der Waals surface area contributed by atoms with Gasteiger partial charge in [0.2, 0.25) is 0 Å². The lowest BCUT2D eigenvalue weighted by molar-refractivity contribution is -0.137. The van der Waals surface area contributed by atoms with Gasteiger partial charge in [0.15, 0.2) is 0 Å². The first-order valence-corrected chi connectivity index (χ1v) is 12.0. The van der Waals surface area contributed by atoms with E-state index in [9.17, 15) is 4.79 Å². The van der Waals surface area contributed by atoms with Gasteiger partial charge in [-0.3, -0.25) is 4.79 Å². The van der Waals surface area contributed by atoms with Crippen LogP contribution in [-0.4, -0.2) is 34.8 Å². The van der Waals surface area contributed by atoms with E-state index in [0.717, 1.165) is 25.2 Å². The van der Waals surface area contributed by atoms with E-state index in [0.29, 0.717) is 18.1 Å². The molecule has 0 spiro atoms. The molecule has 0 aromatic heterocycles. The fourth-order valence-electron chi connectivity index (χ4n) is 4.37.